The average Bonchev–Trinajstić information content (AvgIpc) is 2.82. The first kappa shape index (κ1) is 11.9. The van der Waals surface area contributed by atoms with Gasteiger partial charge in [0, 0.05) is 5.02 Å². The van der Waals surface area contributed by atoms with Gasteiger partial charge in [0.1, 0.15) is 17.3 Å². The molecule has 0 unspecified atom stereocenters. The molecule has 5 heteroatoms. The van der Waals surface area contributed by atoms with E-state index in [0.717, 1.165) is 11.0 Å². The van der Waals surface area contributed by atoms with Crippen molar-refractivity contribution in [3.63, 3.8) is 0 Å². The summed E-state index contributed by atoms with van der Waals surface area (Å²) >= 11 is 5.94. The third kappa shape index (κ3) is 2.11. The third-order valence-corrected chi connectivity index (χ3v) is 3.14. The second-order valence-corrected chi connectivity index (χ2v) is 4.57. The SMILES string of the molecule is COc1ccc(O)c(-c2nc3ccc(Cl)cc3[nH]2)c1. The number of nitrogens with zero attached hydrogens (tertiary/aromatic N) is 1. The van der Waals surface area contributed by atoms with Gasteiger partial charge in [-0.05, 0) is 36.4 Å². The van der Waals surface area contributed by atoms with E-state index in [2.05, 4.69) is 9.97 Å². The normalized spacial score (nSPS) is 10.8. The van der Waals surface area contributed by atoms with E-state index >= 15 is 0 Å². The number of aromatic nitrogens is 2. The topological polar surface area (TPSA) is 58.1 Å². The fraction of sp³-hybridized carbons (Fsp3) is 0.0714. The number of aromatic amines is 1. The zero-order valence-electron chi connectivity index (χ0n) is 10.1. The van der Waals surface area contributed by atoms with Crippen LogP contribution in [-0.4, -0.2) is 22.2 Å². The smallest absolute Gasteiger partial charge is 0.142 e. The zero-order chi connectivity index (χ0) is 13.4. The van der Waals surface area contributed by atoms with Crippen LogP contribution in [0.1, 0.15) is 0 Å². The molecule has 0 radical (unpaired) electrons. The Bertz CT molecular complexity index is 752. The van der Waals surface area contributed by atoms with Crippen molar-refractivity contribution >= 4 is 22.6 Å². The monoisotopic (exact) mass is 274 g/mol. The number of halogens is 1. The van der Waals surface area contributed by atoms with Gasteiger partial charge in [-0.1, -0.05) is 11.6 Å². The molecular formula is C14H11ClN2O2. The highest BCUT2D eigenvalue weighted by molar-refractivity contribution is 6.31. The van der Waals surface area contributed by atoms with Gasteiger partial charge in [0.15, 0.2) is 0 Å². The maximum absolute atomic E-state index is 9.92. The van der Waals surface area contributed by atoms with Crippen LogP contribution in [0.4, 0.5) is 0 Å². The van der Waals surface area contributed by atoms with Gasteiger partial charge in [-0.3, -0.25) is 0 Å². The molecule has 0 aliphatic carbocycles. The first-order chi connectivity index (χ1) is 9.17. The minimum absolute atomic E-state index is 0.144. The molecule has 3 aromatic rings. The Morgan fingerprint density at radius 1 is 1.21 bits per heavy atom. The first-order valence-corrected chi connectivity index (χ1v) is 6.08. The molecule has 0 saturated heterocycles. The summed E-state index contributed by atoms with van der Waals surface area (Å²) in [6.45, 7) is 0. The summed E-state index contributed by atoms with van der Waals surface area (Å²) in [5.41, 5.74) is 2.21. The number of fused-ring (bicyclic) bond motifs is 1. The molecule has 2 aromatic carbocycles. The molecule has 4 nitrogen and oxygen atoms in total. The number of hydrogen-bond donors (Lipinski definition) is 2. The van der Waals surface area contributed by atoms with Crippen molar-refractivity contribution in [2.24, 2.45) is 0 Å². The van der Waals surface area contributed by atoms with Gasteiger partial charge in [0.05, 0.1) is 23.7 Å². The number of phenols is 1. The van der Waals surface area contributed by atoms with Gasteiger partial charge < -0.3 is 14.8 Å². The number of rotatable bonds is 2. The van der Waals surface area contributed by atoms with E-state index in [-0.39, 0.29) is 5.75 Å². The molecule has 0 atom stereocenters. The lowest BCUT2D eigenvalue weighted by Crippen LogP contribution is -1.86. The lowest BCUT2D eigenvalue weighted by atomic mass is 10.2. The minimum Gasteiger partial charge on any atom is -0.507 e. The highest BCUT2D eigenvalue weighted by Gasteiger charge is 2.11. The molecule has 0 fully saturated rings. The minimum atomic E-state index is 0.144. The Labute approximate surface area is 114 Å². The van der Waals surface area contributed by atoms with E-state index in [4.69, 9.17) is 16.3 Å². The second kappa shape index (κ2) is 4.48. The predicted molar refractivity (Wildman–Crippen MR) is 74.8 cm³/mol. The average molecular weight is 275 g/mol. The van der Waals surface area contributed by atoms with Crippen LogP contribution in [-0.2, 0) is 0 Å². The van der Waals surface area contributed by atoms with Crippen LogP contribution < -0.4 is 4.74 Å². The molecule has 0 saturated carbocycles. The molecule has 0 aliphatic rings. The lowest BCUT2D eigenvalue weighted by Gasteiger charge is -2.04. The zero-order valence-corrected chi connectivity index (χ0v) is 10.9. The molecule has 1 aromatic heterocycles. The van der Waals surface area contributed by atoms with E-state index in [1.54, 1.807) is 37.4 Å². The molecule has 19 heavy (non-hydrogen) atoms. The number of imidazole rings is 1. The molecule has 0 bridgehead atoms. The van der Waals surface area contributed by atoms with Gasteiger partial charge >= 0.3 is 0 Å². The van der Waals surface area contributed by atoms with Crippen molar-refractivity contribution in [2.45, 2.75) is 0 Å². The van der Waals surface area contributed by atoms with E-state index < -0.39 is 0 Å². The van der Waals surface area contributed by atoms with Crippen molar-refractivity contribution in [2.75, 3.05) is 7.11 Å². The van der Waals surface area contributed by atoms with Crippen LogP contribution in [0.3, 0.4) is 0 Å². The summed E-state index contributed by atoms with van der Waals surface area (Å²) in [5, 5.41) is 10.6. The fourth-order valence-corrected chi connectivity index (χ4v) is 2.11. The summed E-state index contributed by atoms with van der Waals surface area (Å²) in [6.07, 6.45) is 0. The number of hydrogen-bond acceptors (Lipinski definition) is 3. The van der Waals surface area contributed by atoms with Crippen molar-refractivity contribution in [1.29, 1.82) is 0 Å². The standard InChI is InChI=1S/C14H11ClN2O2/c1-19-9-3-5-13(18)10(7-9)14-16-11-4-2-8(15)6-12(11)17-14/h2-7,18H,1H3,(H,16,17). The van der Waals surface area contributed by atoms with Gasteiger partial charge in [-0.2, -0.15) is 0 Å². The Kier molecular flexibility index (Phi) is 2.80. The highest BCUT2D eigenvalue weighted by Crippen LogP contribution is 2.32. The number of nitrogens with one attached hydrogen (secondary N) is 1. The first-order valence-electron chi connectivity index (χ1n) is 5.70. The Morgan fingerprint density at radius 2 is 2.05 bits per heavy atom. The van der Waals surface area contributed by atoms with Crippen molar-refractivity contribution in [3.8, 4) is 22.9 Å². The maximum Gasteiger partial charge on any atom is 0.142 e. The molecular weight excluding hydrogens is 264 g/mol. The fourth-order valence-electron chi connectivity index (χ4n) is 1.94. The van der Waals surface area contributed by atoms with Crippen LogP contribution in [0, 0.1) is 0 Å². The molecule has 0 amide bonds. The summed E-state index contributed by atoms with van der Waals surface area (Å²) in [6, 6.07) is 10.4. The number of phenolic OH excluding ortho intramolecular Hbond substituents is 1. The highest BCUT2D eigenvalue weighted by atomic mass is 35.5. The number of H-pyrrole nitrogens is 1. The van der Waals surface area contributed by atoms with E-state index in [9.17, 15) is 5.11 Å². The van der Waals surface area contributed by atoms with Crippen LogP contribution in [0.2, 0.25) is 5.02 Å². The summed E-state index contributed by atoms with van der Waals surface area (Å²) in [7, 11) is 1.58. The van der Waals surface area contributed by atoms with Crippen LogP contribution in [0.25, 0.3) is 22.4 Å². The summed E-state index contributed by atoms with van der Waals surface area (Å²) in [4.78, 5) is 7.56. The van der Waals surface area contributed by atoms with Gasteiger partial charge in [0.25, 0.3) is 0 Å². The van der Waals surface area contributed by atoms with Crippen LogP contribution in [0.5, 0.6) is 11.5 Å². The van der Waals surface area contributed by atoms with E-state index in [0.29, 0.717) is 22.2 Å². The quantitative estimate of drug-likeness (QED) is 0.751. The third-order valence-electron chi connectivity index (χ3n) is 2.90. The summed E-state index contributed by atoms with van der Waals surface area (Å²) < 4.78 is 5.15. The lowest BCUT2D eigenvalue weighted by molar-refractivity contribution is 0.412. The number of benzene rings is 2. The van der Waals surface area contributed by atoms with E-state index in [1.165, 1.54) is 0 Å². The largest absolute Gasteiger partial charge is 0.507 e. The van der Waals surface area contributed by atoms with Crippen molar-refractivity contribution in [1.82, 2.24) is 9.97 Å². The Balaban J connectivity index is 2.18. The van der Waals surface area contributed by atoms with Gasteiger partial charge in [0.2, 0.25) is 0 Å². The second-order valence-electron chi connectivity index (χ2n) is 4.13. The van der Waals surface area contributed by atoms with Crippen molar-refractivity contribution in [3.05, 3.63) is 41.4 Å². The van der Waals surface area contributed by atoms with Gasteiger partial charge in [-0.15, -0.1) is 0 Å². The predicted octanol–water partition coefficient (Wildman–Crippen LogP) is 3.60. The molecule has 0 aliphatic heterocycles. The van der Waals surface area contributed by atoms with Gasteiger partial charge in [-0.25, -0.2) is 4.98 Å². The molecule has 0 spiro atoms. The van der Waals surface area contributed by atoms with Crippen molar-refractivity contribution < 1.29 is 9.84 Å². The Hall–Kier alpha value is -2.20. The molecule has 1 heterocycles. The molecule has 2 N–H and O–H groups in total. The summed E-state index contributed by atoms with van der Waals surface area (Å²) in [5.74, 6) is 1.38. The van der Waals surface area contributed by atoms with E-state index in [1.807, 2.05) is 6.07 Å². The molecule has 3 rings (SSSR count). The van der Waals surface area contributed by atoms with Crippen LogP contribution >= 0.6 is 11.6 Å². The van der Waals surface area contributed by atoms with Crippen LogP contribution in [0.15, 0.2) is 36.4 Å². The molecule has 96 valence electrons. The maximum atomic E-state index is 9.92. The number of methoxy groups -OCH3 is 1. The number of ether oxygens (including phenoxy) is 1. The number of aromatic hydroxyl groups is 1. The Morgan fingerprint density at radius 3 is 2.84 bits per heavy atom.